The molecule has 0 aromatic heterocycles. The average Bonchev–Trinajstić information content (AvgIpc) is 0. The molecule has 0 aromatic carbocycles. The first-order valence-corrected chi connectivity index (χ1v) is 0. The summed E-state index contributed by atoms with van der Waals surface area (Å²) in [6.45, 7) is 0. The zero-order chi connectivity index (χ0) is 0. The van der Waals surface area contributed by atoms with E-state index in [1.807, 2.05) is 0 Å². The Hall–Kier alpha value is 3.44. The summed E-state index contributed by atoms with van der Waals surface area (Å²) in [4.78, 5) is 0. The zero-order valence-electron chi connectivity index (χ0n) is 5.33. The average molecular weight is 533 g/mol. The molecule has 0 heterocycles. The molecule has 0 aliphatic heterocycles. The second-order valence-corrected chi connectivity index (χ2v) is 0. The van der Waals surface area contributed by atoms with Crippen molar-refractivity contribution in [2.75, 3.05) is 0 Å². The summed E-state index contributed by atoms with van der Waals surface area (Å²) in [5.74, 6) is 0. The molecule has 0 spiro atoms. The number of halogens is 5. The van der Waals surface area contributed by atoms with Crippen molar-refractivity contribution >= 4 is 50.2 Å². The van der Waals surface area contributed by atoms with Crippen molar-refractivity contribution in [3.05, 3.63) is 0 Å². The molecule has 0 fully saturated rings. The molecule has 0 bridgehead atoms. The maximum absolute atomic E-state index is 0. The summed E-state index contributed by atoms with van der Waals surface area (Å²) in [5.41, 5.74) is 0. The third-order valence-corrected chi connectivity index (χ3v) is 0. The van der Waals surface area contributed by atoms with Gasteiger partial charge in [0.15, 0.2) is 0 Å². The molecule has 0 N–H and O–H groups in total. The van der Waals surface area contributed by atoms with Crippen LogP contribution in [-0.4, -0.2) is 26.2 Å². The minimum absolute atomic E-state index is 0. The Morgan fingerprint density at radius 3 is 0.750 bits per heavy atom. The molecule has 8 heavy (non-hydrogen) atoms. The summed E-state index contributed by atoms with van der Waals surface area (Å²) < 4.78 is 0. The largest absolute Gasteiger partial charge is 1.00 e. The van der Waals surface area contributed by atoms with Gasteiger partial charge in [0.05, 0.1) is 0 Å². The van der Waals surface area contributed by atoms with Crippen molar-refractivity contribution in [2.24, 2.45) is 0 Å². The number of hydrogen-bond acceptors (Lipinski definition) is 0. The minimum atomic E-state index is 0. The second-order valence-electron chi connectivity index (χ2n) is 0. The van der Waals surface area contributed by atoms with Gasteiger partial charge in [0.2, 0.25) is 0 Å². The molecule has 0 saturated heterocycles. The summed E-state index contributed by atoms with van der Waals surface area (Å²) in [5, 5.41) is 0. The van der Waals surface area contributed by atoms with Crippen molar-refractivity contribution in [3.8, 4) is 0 Å². The van der Waals surface area contributed by atoms with E-state index in [-0.39, 0.29) is 133 Å². The molecule has 0 aliphatic rings. The number of rotatable bonds is 0. The van der Waals surface area contributed by atoms with E-state index in [9.17, 15) is 0 Å². The Morgan fingerprint density at radius 2 is 0.750 bits per heavy atom. The quantitative estimate of drug-likeness (QED) is 0.179. The fraction of sp³-hybridized carbons (Fsp3) is 0. The van der Waals surface area contributed by atoms with Gasteiger partial charge in [0.25, 0.3) is 0 Å². The smallest absolute Gasteiger partial charge is 1.00 e. The molecule has 0 rings (SSSR count). The molecule has 0 saturated carbocycles. The third-order valence-electron chi connectivity index (χ3n) is 0. The van der Waals surface area contributed by atoms with Gasteiger partial charge in [-0.3, -0.25) is 18.8 Å². The standard InChI is InChI=1S/Bi.4FH.HI.Na.Y.4H/h;5*1H;;;;;;/q;;;;;;+1;;;;;-1. The molecule has 0 aliphatic carbocycles. The van der Waals surface area contributed by atoms with E-state index in [2.05, 4.69) is 0 Å². The first-order chi connectivity index (χ1) is 0. The second kappa shape index (κ2) is 78.7. The van der Waals surface area contributed by atoms with Gasteiger partial charge >= 0.3 is 55.8 Å². The maximum Gasteiger partial charge on any atom is 1.00 e. The van der Waals surface area contributed by atoms with E-state index in [0.717, 1.165) is 0 Å². The molecule has 0 nitrogen and oxygen atoms in total. The Balaban J connectivity index is 0. The fourth-order valence-corrected chi connectivity index (χ4v) is 0. The first-order valence-electron chi connectivity index (χ1n) is 0. The van der Waals surface area contributed by atoms with Crippen LogP contribution in [0.4, 0.5) is 18.8 Å². The molecule has 0 atom stereocenters. The van der Waals surface area contributed by atoms with E-state index in [1.165, 1.54) is 0 Å². The van der Waals surface area contributed by atoms with E-state index in [0.29, 0.717) is 0 Å². The normalized spacial score (nSPS) is 0. The van der Waals surface area contributed by atoms with Crippen molar-refractivity contribution in [2.45, 2.75) is 0 Å². The van der Waals surface area contributed by atoms with Gasteiger partial charge in [-0.15, -0.1) is 24.0 Å². The van der Waals surface area contributed by atoms with E-state index in [1.54, 1.807) is 0 Å². The molecule has 0 amide bonds. The Kier molecular flexibility index (Phi) is 1040. The summed E-state index contributed by atoms with van der Waals surface area (Å²) in [7, 11) is 0. The molecule has 53 valence electrons. The summed E-state index contributed by atoms with van der Waals surface area (Å²) >= 11 is 0. The predicted molar refractivity (Wildman–Crippen MR) is 36.5 cm³/mol. The van der Waals surface area contributed by atoms with E-state index >= 15 is 0 Å². The molecule has 0 unspecified atom stereocenters. The Labute approximate surface area is 130 Å². The van der Waals surface area contributed by atoms with Crippen molar-refractivity contribution in [3.63, 3.8) is 0 Å². The van der Waals surface area contributed by atoms with Gasteiger partial charge < -0.3 is 1.43 Å². The van der Waals surface area contributed by atoms with Crippen molar-refractivity contribution in [1.29, 1.82) is 0 Å². The van der Waals surface area contributed by atoms with Crippen LogP contribution in [0.25, 0.3) is 0 Å². The van der Waals surface area contributed by atoms with Crippen LogP contribution >= 0.6 is 24.0 Å². The van der Waals surface area contributed by atoms with Crippen LogP contribution in [0.5, 0.6) is 0 Å². The van der Waals surface area contributed by atoms with Crippen LogP contribution in [0.1, 0.15) is 1.43 Å². The molecular weight excluding hydrogens is 524 g/mol. The van der Waals surface area contributed by atoms with Crippen LogP contribution in [-0.2, 0) is 32.7 Å². The van der Waals surface area contributed by atoms with Crippen LogP contribution in [0.15, 0.2) is 0 Å². The molecule has 1 radical (unpaired) electrons. The van der Waals surface area contributed by atoms with Gasteiger partial charge in [-0.25, -0.2) is 0 Å². The first kappa shape index (κ1) is 105. The van der Waals surface area contributed by atoms with Gasteiger partial charge in [-0.05, 0) is 0 Å². The van der Waals surface area contributed by atoms with Gasteiger partial charge in [0.1, 0.15) is 0 Å². The van der Waals surface area contributed by atoms with Crippen LogP contribution < -0.4 is 29.6 Å². The molecule has 8 heteroatoms. The van der Waals surface area contributed by atoms with Gasteiger partial charge in [-0.2, -0.15) is 0 Å². The summed E-state index contributed by atoms with van der Waals surface area (Å²) in [6, 6.07) is 0. The van der Waals surface area contributed by atoms with Crippen LogP contribution in [0.3, 0.4) is 0 Å². The van der Waals surface area contributed by atoms with Crippen LogP contribution in [0.2, 0.25) is 0 Å². The van der Waals surface area contributed by atoms with E-state index < -0.39 is 0 Å². The molecular formula is H9BiF4INaY. The minimum Gasteiger partial charge on any atom is -1.00 e. The monoisotopic (exact) mass is 533 g/mol. The predicted octanol–water partition coefficient (Wildman–Crippen LogP) is -2.84. The maximum atomic E-state index is 0. The molecule has 0 aromatic rings. The number of hydrogen-bond donors (Lipinski definition) is 0. The summed E-state index contributed by atoms with van der Waals surface area (Å²) in [6.07, 6.45) is 0. The van der Waals surface area contributed by atoms with E-state index in [4.69, 9.17) is 0 Å². The van der Waals surface area contributed by atoms with Crippen LogP contribution in [0, 0.1) is 0 Å². The fourth-order valence-electron chi connectivity index (χ4n) is 0. The van der Waals surface area contributed by atoms with Crippen molar-refractivity contribution in [1.82, 2.24) is 0 Å². The SMILES string of the molecule is F.F.F.F.I.[BiH3].[H-].[Na+].[Y]. The zero-order valence-corrected chi connectivity index (χ0v) is 17.0. The van der Waals surface area contributed by atoms with Gasteiger partial charge in [-0.1, -0.05) is 0 Å². The Bertz CT molecular complexity index is 20.5. The Morgan fingerprint density at radius 1 is 0.750 bits per heavy atom. The van der Waals surface area contributed by atoms with Crippen molar-refractivity contribution < 1.29 is 82.5 Å². The van der Waals surface area contributed by atoms with Gasteiger partial charge in [0, 0.05) is 32.7 Å². The third kappa shape index (κ3) is 56.9. The topological polar surface area (TPSA) is 0 Å².